The Morgan fingerprint density at radius 2 is 1.45 bits per heavy atom. The zero-order valence-corrected chi connectivity index (χ0v) is 16.7. The van der Waals surface area contributed by atoms with Gasteiger partial charge in [-0.2, -0.15) is 0 Å². The highest BCUT2D eigenvalue weighted by Gasteiger charge is 2.47. The van der Waals surface area contributed by atoms with Crippen molar-refractivity contribution in [1.29, 1.82) is 0 Å². The predicted octanol–water partition coefficient (Wildman–Crippen LogP) is 0.652. The number of hydrogen-bond acceptors (Lipinski definition) is 8. The fourth-order valence-electron chi connectivity index (χ4n) is 3.12. The van der Waals surface area contributed by atoms with Crippen molar-refractivity contribution in [2.24, 2.45) is 0 Å². The van der Waals surface area contributed by atoms with Crippen LogP contribution in [0.3, 0.4) is 0 Å². The Bertz CT molecular complexity index is 904. The first-order valence-electron chi connectivity index (χ1n) is 9.63. The number of rotatable bonds is 6. The molecule has 2 aromatic rings. The molecule has 2 aromatic carbocycles. The van der Waals surface area contributed by atoms with Gasteiger partial charge >= 0.3 is 11.9 Å². The number of amides is 1. The third-order valence-electron chi connectivity index (χ3n) is 4.69. The van der Waals surface area contributed by atoms with Crippen molar-refractivity contribution in [2.45, 2.75) is 37.6 Å². The molecule has 0 bridgehead atoms. The molecule has 2 unspecified atom stereocenters. The largest absolute Gasteiger partial charge is 0.459 e. The lowest BCUT2D eigenvalue weighted by Crippen LogP contribution is -2.65. The van der Waals surface area contributed by atoms with Crippen molar-refractivity contribution in [3.8, 4) is 0 Å². The summed E-state index contributed by atoms with van der Waals surface area (Å²) in [6, 6.07) is 15.1. The molecule has 1 aliphatic heterocycles. The van der Waals surface area contributed by atoms with E-state index < -0.39 is 55.1 Å². The van der Waals surface area contributed by atoms with Crippen molar-refractivity contribution in [3.63, 3.8) is 0 Å². The van der Waals surface area contributed by atoms with E-state index in [0.717, 1.165) is 0 Å². The highest BCUT2D eigenvalue weighted by Crippen LogP contribution is 2.24. The van der Waals surface area contributed by atoms with E-state index >= 15 is 0 Å². The van der Waals surface area contributed by atoms with E-state index in [-0.39, 0.29) is 5.56 Å². The van der Waals surface area contributed by atoms with E-state index in [2.05, 4.69) is 5.32 Å². The van der Waals surface area contributed by atoms with Crippen LogP contribution in [0.1, 0.15) is 27.6 Å². The van der Waals surface area contributed by atoms with Gasteiger partial charge in [0, 0.05) is 6.92 Å². The third kappa shape index (κ3) is 5.66. The summed E-state index contributed by atoms with van der Waals surface area (Å²) in [4.78, 5) is 36.2. The molecule has 0 saturated carbocycles. The van der Waals surface area contributed by atoms with Crippen molar-refractivity contribution in [3.05, 3.63) is 71.8 Å². The molecular weight excluding hydrogens is 406 g/mol. The second-order valence-corrected chi connectivity index (χ2v) is 6.99. The van der Waals surface area contributed by atoms with Gasteiger partial charge in [-0.15, -0.1) is 0 Å². The average molecular weight is 429 g/mol. The molecule has 9 heteroatoms. The molecule has 0 aliphatic carbocycles. The van der Waals surface area contributed by atoms with E-state index in [1.54, 1.807) is 48.5 Å². The van der Waals surface area contributed by atoms with Crippen LogP contribution in [0.5, 0.6) is 0 Å². The Balaban J connectivity index is 1.72. The van der Waals surface area contributed by atoms with Gasteiger partial charge in [0.2, 0.25) is 12.2 Å². The van der Waals surface area contributed by atoms with Gasteiger partial charge in [-0.05, 0) is 24.3 Å². The quantitative estimate of drug-likeness (QED) is 0.571. The lowest BCUT2D eigenvalue weighted by atomic mass is 9.97. The zero-order chi connectivity index (χ0) is 22.4. The minimum Gasteiger partial charge on any atom is -0.459 e. The first-order valence-corrected chi connectivity index (χ1v) is 9.63. The van der Waals surface area contributed by atoms with Crippen LogP contribution in [-0.2, 0) is 19.0 Å². The number of carbonyl (C=O) groups is 3. The van der Waals surface area contributed by atoms with Gasteiger partial charge in [0.15, 0.2) is 0 Å². The molecule has 3 rings (SSSR count). The highest BCUT2D eigenvalue weighted by molar-refractivity contribution is 5.89. The summed E-state index contributed by atoms with van der Waals surface area (Å²) in [5.74, 6) is -1.91. The Hall–Kier alpha value is -3.27. The van der Waals surface area contributed by atoms with E-state index in [0.29, 0.717) is 5.56 Å². The smallest absolute Gasteiger partial charge is 0.340 e. The van der Waals surface area contributed by atoms with Crippen LogP contribution in [0, 0.1) is 0 Å². The lowest BCUT2D eigenvalue weighted by molar-refractivity contribution is -0.253. The van der Waals surface area contributed by atoms with E-state index in [1.807, 2.05) is 0 Å². The molecule has 1 fully saturated rings. The van der Waals surface area contributed by atoms with Gasteiger partial charge in [-0.25, -0.2) is 9.59 Å². The van der Waals surface area contributed by atoms with E-state index in [9.17, 15) is 24.6 Å². The number of benzene rings is 2. The number of aliphatic hydroxyl groups is 2. The molecule has 0 radical (unpaired) electrons. The van der Waals surface area contributed by atoms with Crippen LogP contribution in [0.15, 0.2) is 60.7 Å². The van der Waals surface area contributed by atoms with Crippen LogP contribution in [-0.4, -0.2) is 65.3 Å². The van der Waals surface area contributed by atoms with E-state index in [1.165, 1.54) is 19.1 Å². The van der Waals surface area contributed by atoms with Crippen molar-refractivity contribution >= 4 is 17.8 Å². The van der Waals surface area contributed by atoms with Crippen LogP contribution in [0.4, 0.5) is 0 Å². The Morgan fingerprint density at radius 3 is 2.00 bits per heavy atom. The molecule has 9 nitrogen and oxygen atoms in total. The number of nitrogens with one attached hydrogen (secondary N) is 1. The maximum Gasteiger partial charge on any atom is 0.340 e. The fraction of sp³-hybridized carbons (Fsp3) is 0.318. The summed E-state index contributed by atoms with van der Waals surface area (Å²) in [6.07, 6.45) is -5.66. The molecule has 5 atom stereocenters. The second kappa shape index (κ2) is 10.2. The molecule has 0 aromatic heterocycles. The summed E-state index contributed by atoms with van der Waals surface area (Å²) in [6.45, 7) is 0.807. The third-order valence-corrected chi connectivity index (χ3v) is 4.69. The Labute approximate surface area is 178 Å². The summed E-state index contributed by atoms with van der Waals surface area (Å²) in [5.41, 5.74) is 0.539. The highest BCUT2D eigenvalue weighted by atomic mass is 16.7. The first-order chi connectivity index (χ1) is 14.9. The van der Waals surface area contributed by atoms with Crippen molar-refractivity contribution < 1.29 is 38.8 Å². The number of hydrogen-bond donors (Lipinski definition) is 3. The minimum absolute atomic E-state index is 0.236. The van der Waals surface area contributed by atoms with Gasteiger partial charge in [-0.1, -0.05) is 36.4 Å². The summed E-state index contributed by atoms with van der Waals surface area (Å²) in [7, 11) is 0. The SMILES string of the molecule is CC(=O)N[C@@H]1[C@H](OC(=O)c2ccccc2)OC(COC(=O)c2ccccc2)C(O)[C@@H]1O. The molecule has 1 saturated heterocycles. The molecule has 1 amide bonds. The normalized spacial score (nSPS) is 25.3. The van der Waals surface area contributed by atoms with E-state index in [4.69, 9.17) is 14.2 Å². The fourth-order valence-corrected chi connectivity index (χ4v) is 3.12. The monoisotopic (exact) mass is 429 g/mol. The van der Waals surface area contributed by atoms with Gasteiger partial charge < -0.3 is 29.7 Å². The Kier molecular flexibility index (Phi) is 7.35. The molecular formula is C22H23NO8. The topological polar surface area (TPSA) is 131 Å². The molecule has 1 heterocycles. The minimum atomic E-state index is -1.54. The van der Waals surface area contributed by atoms with Crippen molar-refractivity contribution in [2.75, 3.05) is 6.61 Å². The van der Waals surface area contributed by atoms with Crippen molar-refractivity contribution in [1.82, 2.24) is 5.32 Å². The number of ether oxygens (including phenoxy) is 3. The van der Waals surface area contributed by atoms with Gasteiger partial charge in [-0.3, -0.25) is 4.79 Å². The zero-order valence-electron chi connectivity index (χ0n) is 16.7. The standard InChI is InChI=1S/C22H23NO8/c1-13(24)23-17-19(26)18(25)16(12-29-20(27)14-8-4-2-5-9-14)30-22(17)31-21(28)15-10-6-3-7-11-15/h2-11,16-19,22,25-26H,12H2,1H3,(H,23,24)/t16?,17-,18?,19+,22-/m0/s1. The summed E-state index contributed by atoms with van der Waals surface area (Å²) in [5, 5.41) is 23.4. The van der Waals surface area contributed by atoms with Crippen LogP contribution < -0.4 is 5.32 Å². The summed E-state index contributed by atoms with van der Waals surface area (Å²) >= 11 is 0. The maximum absolute atomic E-state index is 12.4. The molecule has 164 valence electrons. The first kappa shape index (κ1) is 22.4. The van der Waals surface area contributed by atoms with Gasteiger partial charge in [0.05, 0.1) is 11.1 Å². The Morgan fingerprint density at radius 1 is 0.903 bits per heavy atom. The molecule has 0 spiro atoms. The van der Waals surface area contributed by atoms with Crippen LogP contribution in [0.2, 0.25) is 0 Å². The molecule has 3 N–H and O–H groups in total. The predicted molar refractivity (Wildman–Crippen MR) is 107 cm³/mol. The second-order valence-electron chi connectivity index (χ2n) is 6.99. The van der Waals surface area contributed by atoms with Crippen LogP contribution >= 0.6 is 0 Å². The van der Waals surface area contributed by atoms with Gasteiger partial charge in [0.25, 0.3) is 0 Å². The molecule has 31 heavy (non-hydrogen) atoms. The lowest BCUT2D eigenvalue weighted by Gasteiger charge is -2.41. The van der Waals surface area contributed by atoms with Gasteiger partial charge in [0.1, 0.15) is 31.0 Å². The average Bonchev–Trinajstić information content (AvgIpc) is 2.78. The van der Waals surface area contributed by atoms with Crippen LogP contribution in [0.25, 0.3) is 0 Å². The number of carbonyl (C=O) groups excluding carboxylic acids is 3. The maximum atomic E-state index is 12.4. The summed E-state index contributed by atoms with van der Waals surface area (Å²) < 4.78 is 16.1. The number of aliphatic hydroxyl groups excluding tert-OH is 2. The molecule has 1 aliphatic rings. The number of esters is 2.